The van der Waals surface area contributed by atoms with Crippen LogP contribution in [0, 0.1) is 6.92 Å². The number of benzene rings is 1. The maximum absolute atomic E-state index is 11.9. The van der Waals surface area contributed by atoms with Crippen LogP contribution in [0.5, 0.6) is 0 Å². The highest BCUT2D eigenvalue weighted by atomic mass is 16.6. The first-order chi connectivity index (χ1) is 9.52. The molecule has 0 bridgehead atoms. The molecule has 104 valence electrons. The van der Waals surface area contributed by atoms with Gasteiger partial charge in [-0.25, -0.2) is 4.63 Å². The van der Waals surface area contributed by atoms with E-state index in [-0.39, 0.29) is 17.4 Å². The molecule has 0 aliphatic rings. The van der Waals surface area contributed by atoms with Crippen LogP contribution in [-0.2, 0) is 0 Å². The Morgan fingerprint density at radius 3 is 2.60 bits per heavy atom. The summed E-state index contributed by atoms with van der Waals surface area (Å²) < 4.78 is 4.36. The summed E-state index contributed by atoms with van der Waals surface area (Å²) in [5.74, 6) is -0.897. The van der Waals surface area contributed by atoms with Crippen LogP contribution in [0.25, 0.3) is 0 Å². The largest absolute Gasteiger partial charge is 0.379 e. The van der Waals surface area contributed by atoms with E-state index in [0.29, 0.717) is 11.3 Å². The van der Waals surface area contributed by atoms with Gasteiger partial charge in [0.2, 0.25) is 11.5 Å². The summed E-state index contributed by atoms with van der Waals surface area (Å²) in [6, 6.07) is 4.95. The lowest BCUT2D eigenvalue weighted by molar-refractivity contribution is 0.0961. The number of anilines is 2. The monoisotopic (exact) mass is 275 g/mol. The fraction of sp³-hybridized carbons (Fsp3) is 0.167. The van der Waals surface area contributed by atoms with Crippen molar-refractivity contribution in [1.82, 2.24) is 15.6 Å². The van der Waals surface area contributed by atoms with Gasteiger partial charge in [-0.15, -0.1) is 0 Å². The molecule has 1 aromatic carbocycles. The minimum atomic E-state index is -0.555. The number of aromatic nitrogens is 2. The van der Waals surface area contributed by atoms with Gasteiger partial charge in [-0.05, 0) is 34.9 Å². The third kappa shape index (κ3) is 2.58. The predicted octanol–water partition coefficient (Wildman–Crippen LogP) is 0.572. The van der Waals surface area contributed by atoms with Crippen LogP contribution >= 0.6 is 0 Å². The van der Waals surface area contributed by atoms with E-state index in [2.05, 4.69) is 25.6 Å². The van der Waals surface area contributed by atoms with Crippen molar-refractivity contribution in [1.29, 1.82) is 0 Å². The van der Waals surface area contributed by atoms with Gasteiger partial charge >= 0.3 is 0 Å². The summed E-state index contributed by atoms with van der Waals surface area (Å²) in [5, 5.41) is 11.9. The van der Waals surface area contributed by atoms with E-state index < -0.39 is 5.91 Å². The van der Waals surface area contributed by atoms with Crippen LogP contribution in [0.4, 0.5) is 11.5 Å². The molecule has 0 aliphatic heterocycles. The molecule has 1 aromatic heterocycles. The zero-order chi connectivity index (χ0) is 14.7. The van der Waals surface area contributed by atoms with E-state index in [4.69, 9.17) is 5.73 Å². The molecule has 2 rings (SSSR count). The van der Waals surface area contributed by atoms with Crippen molar-refractivity contribution in [2.45, 2.75) is 6.92 Å². The maximum Gasteiger partial charge on any atom is 0.281 e. The third-order valence-corrected chi connectivity index (χ3v) is 2.70. The van der Waals surface area contributed by atoms with Crippen molar-refractivity contribution in [3.63, 3.8) is 0 Å². The number of carbonyl (C=O) groups excluding carboxylic acids is 2. The Kier molecular flexibility index (Phi) is 3.65. The maximum atomic E-state index is 11.9. The first-order valence-electron chi connectivity index (χ1n) is 5.75. The Bertz CT molecular complexity index is 665. The van der Waals surface area contributed by atoms with Gasteiger partial charge in [0.25, 0.3) is 11.8 Å². The Morgan fingerprint density at radius 1 is 1.25 bits per heavy atom. The van der Waals surface area contributed by atoms with E-state index in [9.17, 15) is 9.59 Å². The minimum absolute atomic E-state index is 0.0948. The van der Waals surface area contributed by atoms with Gasteiger partial charge in [-0.3, -0.25) is 9.59 Å². The number of amides is 2. The van der Waals surface area contributed by atoms with Gasteiger partial charge < -0.3 is 16.4 Å². The van der Waals surface area contributed by atoms with Gasteiger partial charge in [0, 0.05) is 18.3 Å². The highest BCUT2D eigenvalue weighted by Gasteiger charge is 2.17. The molecule has 8 heteroatoms. The highest BCUT2D eigenvalue weighted by molar-refractivity contribution is 6.06. The van der Waals surface area contributed by atoms with Crippen LogP contribution in [0.2, 0.25) is 0 Å². The third-order valence-electron chi connectivity index (χ3n) is 2.70. The van der Waals surface area contributed by atoms with E-state index in [0.717, 1.165) is 5.56 Å². The number of aryl methyl sites for hydroxylation is 1. The molecule has 0 unspecified atom stereocenters. The normalized spacial score (nSPS) is 10.1. The fourth-order valence-electron chi connectivity index (χ4n) is 1.58. The van der Waals surface area contributed by atoms with Crippen LogP contribution in [0.15, 0.2) is 22.8 Å². The zero-order valence-corrected chi connectivity index (χ0v) is 10.9. The first kappa shape index (κ1) is 13.5. The fourth-order valence-corrected chi connectivity index (χ4v) is 1.58. The Morgan fingerprint density at radius 2 is 2.00 bits per heavy atom. The van der Waals surface area contributed by atoms with Gasteiger partial charge in [-0.2, -0.15) is 0 Å². The molecule has 0 saturated heterocycles. The number of rotatable bonds is 3. The van der Waals surface area contributed by atoms with Crippen LogP contribution in [0.3, 0.4) is 0 Å². The lowest BCUT2D eigenvalue weighted by atomic mass is 10.1. The number of hydrogen-bond donors (Lipinski definition) is 3. The minimum Gasteiger partial charge on any atom is -0.379 e. The summed E-state index contributed by atoms with van der Waals surface area (Å²) >= 11 is 0. The van der Waals surface area contributed by atoms with E-state index >= 15 is 0 Å². The van der Waals surface area contributed by atoms with Crippen molar-refractivity contribution < 1.29 is 14.2 Å². The molecular formula is C12H13N5O3. The SMILES string of the molecule is CNC(=O)c1ccc(C)c(NC(=O)c2nonc2N)c1. The number of nitrogens with zero attached hydrogens (tertiary/aromatic N) is 2. The molecule has 0 spiro atoms. The summed E-state index contributed by atoms with van der Waals surface area (Å²) in [7, 11) is 1.53. The van der Waals surface area contributed by atoms with Gasteiger partial charge in [0.05, 0.1) is 0 Å². The second-order valence-electron chi connectivity index (χ2n) is 4.06. The second-order valence-corrected chi connectivity index (χ2v) is 4.06. The lowest BCUT2D eigenvalue weighted by Gasteiger charge is -2.09. The van der Waals surface area contributed by atoms with Crippen molar-refractivity contribution in [2.75, 3.05) is 18.1 Å². The van der Waals surface area contributed by atoms with Crippen molar-refractivity contribution in [3.8, 4) is 0 Å². The van der Waals surface area contributed by atoms with Crippen molar-refractivity contribution in [3.05, 3.63) is 35.0 Å². The van der Waals surface area contributed by atoms with Gasteiger partial charge in [0.1, 0.15) is 0 Å². The molecule has 8 nitrogen and oxygen atoms in total. The molecule has 0 aliphatic carbocycles. The summed E-state index contributed by atoms with van der Waals surface area (Å²) in [5.41, 5.74) is 7.05. The number of nitrogen functional groups attached to an aromatic ring is 1. The predicted molar refractivity (Wildman–Crippen MR) is 71.2 cm³/mol. The molecule has 0 saturated carbocycles. The topological polar surface area (TPSA) is 123 Å². The average molecular weight is 275 g/mol. The van der Waals surface area contributed by atoms with Crippen molar-refractivity contribution >= 4 is 23.3 Å². The highest BCUT2D eigenvalue weighted by Crippen LogP contribution is 2.18. The van der Waals surface area contributed by atoms with E-state index in [1.165, 1.54) is 7.05 Å². The smallest absolute Gasteiger partial charge is 0.281 e. The average Bonchev–Trinajstić information content (AvgIpc) is 2.86. The molecule has 20 heavy (non-hydrogen) atoms. The molecule has 1 heterocycles. The quantitative estimate of drug-likeness (QED) is 0.752. The summed E-state index contributed by atoms with van der Waals surface area (Å²) in [4.78, 5) is 23.5. The van der Waals surface area contributed by atoms with Crippen molar-refractivity contribution in [2.24, 2.45) is 0 Å². The molecule has 0 radical (unpaired) electrons. The second kappa shape index (κ2) is 5.39. The molecule has 4 N–H and O–H groups in total. The van der Waals surface area contributed by atoms with E-state index in [1.807, 2.05) is 0 Å². The molecule has 2 amide bonds. The van der Waals surface area contributed by atoms with E-state index in [1.54, 1.807) is 25.1 Å². The molecule has 0 atom stereocenters. The first-order valence-corrected chi connectivity index (χ1v) is 5.75. The molecule has 2 aromatic rings. The number of nitrogens with two attached hydrogens (primary N) is 1. The lowest BCUT2D eigenvalue weighted by Crippen LogP contribution is -2.19. The van der Waals surface area contributed by atoms with Gasteiger partial charge in [-0.1, -0.05) is 6.07 Å². The number of hydrogen-bond acceptors (Lipinski definition) is 6. The molecular weight excluding hydrogens is 262 g/mol. The summed E-state index contributed by atoms with van der Waals surface area (Å²) in [6.45, 7) is 1.80. The Labute approximate surface area is 114 Å². The Hall–Kier alpha value is -2.90. The standard InChI is InChI=1S/C12H13N5O3/c1-6-3-4-7(11(18)14-2)5-8(6)15-12(19)9-10(13)17-20-16-9/h3-5H,1-2H3,(H2,13,17)(H,14,18)(H,15,19). The zero-order valence-electron chi connectivity index (χ0n) is 10.9. The summed E-state index contributed by atoms with van der Waals surface area (Å²) in [6.07, 6.45) is 0. The Balaban J connectivity index is 2.27. The number of nitrogens with one attached hydrogen (secondary N) is 2. The van der Waals surface area contributed by atoms with Crippen LogP contribution in [-0.4, -0.2) is 29.2 Å². The number of carbonyl (C=O) groups is 2. The van der Waals surface area contributed by atoms with Crippen LogP contribution < -0.4 is 16.4 Å². The molecule has 0 fully saturated rings. The van der Waals surface area contributed by atoms with Gasteiger partial charge in [0.15, 0.2) is 0 Å². The van der Waals surface area contributed by atoms with Crippen LogP contribution in [0.1, 0.15) is 26.4 Å².